The molecular weight excluding hydrogens is 270 g/mol. The third kappa shape index (κ3) is 1.20. The normalized spacial score (nSPS) is 27.3. The van der Waals surface area contributed by atoms with E-state index in [4.69, 9.17) is 5.73 Å². The van der Waals surface area contributed by atoms with Crippen LogP contribution in [0.3, 0.4) is 0 Å². The number of nitrogen functional groups attached to an aromatic ring is 1. The molecule has 5 rings (SSSR count). The van der Waals surface area contributed by atoms with Crippen molar-refractivity contribution >= 4 is 28.3 Å². The summed E-state index contributed by atoms with van der Waals surface area (Å²) in [7, 11) is 0. The van der Waals surface area contributed by atoms with Crippen LogP contribution in [0.5, 0.6) is 0 Å². The van der Waals surface area contributed by atoms with Crippen LogP contribution in [0, 0.1) is 0 Å². The lowest BCUT2D eigenvalue weighted by Gasteiger charge is -2.23. The van der Waals surface area contributed by atoms with Crippen molar-refractivity contribution < 1.29 is 0 Å². The van der Waals surface area contributed by atoms with Gasteiger partial charge in [-0.05, 0) is 40.6 Å². The van der Waals surface area contributed by atoms with E-state index in [9.17, 15) is 0 Å². The number of thiophene rings is 1. The van der Waals surface area contributed by atoms with E-state index in [0.29, 0.717) is 23.7 Å². The summed E-state index contributed by atoms with van der Waals surface area (Å²) in [6.45, 7) is 0. The summed E-state index contributed by atoms with van der Waals surface area (Å²) in [4.78, 5) is 12.8. The predicted molar refractivity (Wildman–Crippen MR) is 77.8 cm³/mol. The van der Waals surface area contributed by atoms with Crippen molar-refractivity contribution in [2.75, 3.05) is 5.73 Å². The number of fused-ring (bicyclic) bond motifs is 6. The molecule has 20 heavy (non-hydrogen) atoms. The molecule has 2 bridgehead atoms. The summed E-state index contributed by atoms with van der Waals surface area (Å²) < 4.78 is 2.21. The monoisotopic (exact) mass is 283 g/mol. The van der Waals surface area contributed by atoms with Gasteiger partial charge in [0, 0.05) is 12.0 Å². The number of hydrogen-bond acceptors (Lipinski definition) is 5. The van der Waals surface area contributed by atoms with Crippen LogP contribution in [-0.4, -0.2) is 19.5 Å². The highest BCUT2D eigenvalue weighted by Crippen LogP contribution is 2.59. The number of nitrogens with zero attached hydrogens (tertiary/aromatic N) is 4. The first-order valence-electron chi connectivity index (χ1n) is 6.82. The summed E-state index contributed by atoms with van der Waals surface area (Å²) in [5, 5.41) is 4.64. The van der Waals surface area contributed by atoms with Gasteiger partial charge in [0.2, 0.25) is 0 Å². The summed E-state index contributed by atoms with van der Waals surface area (Å²) in [5.74, 6) is 1.78. The van der Waals surface area contributed by atoms with Gasteiger partial charge in [-0.15, -0.1) is 0 Å². The lowest BCUT2D eigenvalue weighted by molar-refractivity contribution is 0.459. The predicted octanol–water partition coefficient (Wildman–Crippen LogP) is 2.69. The maximum absolute atomic E-state index is 5.88. The van der Waals surface area contributed by atoms with Crippen LogP contribution in [0.4, 0.5) is 5.82 Å². The highest BCUT2D eigenvalue weighted by molar-refractivity contribution is 7.08. The van der Waals surface area contributed by atoms with Crippen molar-refractivity contribution in [2.45, 2.75) is 30.7 Å². The van der Waals surface area contributed by atoms with Gasteiger partial charge in [-0.2, -0.15) is 11.3 Å². The van der Waals surface area contributed by atoms with Crippen molar-refractivity contribution in [2.24, 2.45) is 0 Å². The average molecular weight is 283 g/mol. The van der Waals surface area contributed by atoms with Crippen molar-refractivity contribution in [3.8, 4) is 0 Å². The molecule has 5 nitrogen and oxygen atoms in total. The fraction of sp³-hybridized carbons (Fsp3) is 0.357. The first-order valence-corrected chi connectivity index (χ1v) is 7.76. The van der Waals surface area contributed by atoms with Crippen LogP contribution in [0.25, 0.3) is 11.2 Å². The molecule has 0 unspecified atom stereocenters. The number of anilines is 1. The zero-order valence-corrected chi connectivity index (χ0v) is 11.5. The molecule has 3 heterocycles. The van der Waals surface area contributed by atoms with Crippen molar-refractivity contribution in [3.05, 3.63) is 34.5 Å². The first-order chi connectivity index (χ1) is 9.83. The summed E-state index contributed by atoms with van der Waals surface area (Å²) >= 11 is 1.82. The quantitative estimate of drug-likeness (QED) is 0.745. The Balaban J connectivity index is 1.66. The Morgan fingerprint density at radius 3 is 3.00 bits per heavy atom. The maximum atomic E-state index is 5.88. The van der Waals surface area contributed by atoms with Crippen LogP contribution >= 0.6 is 11.3 Å². The van der Waals surface area contributed by atoms with Gasteiger partial charge in [0.05, 0.1) is 6.33 Å². The molecule has 6 heteroatoms. The minimum atomic E-state index is 0.460. The van der Waals surface area contributed by atoms with E-state index in [1.54, 1.807) is 11.1 Å². The topological polar surface area (TPSA) is 69.6 Å². The van der Waals surface area contributed by atoms with Gasteiger partial charge < -0.3 is 10.3 Å². The summed E-state index contributed by atoms with van der Waals surface area (Å²) in [6.07, 6.45) is 5.86. The molecule has 0 spiro atoms. The molecule has 100 valence electrons. The number of imidazole rings is 1. The van der Waals surface area contributed by atoms with E-state index in [1.807, 2.05) is 17.7 Å². The van der Waals surface area contributed by atoms with Crippen molar-refractivity contribution in [1.29, 1.82) is 0 Å². The zero-order chi connectivity index (χ0) is 13.3. The minimum absolute atomic E-state index is 0.460. The standard InChI is InChI=1S/C14H13N5S/c15-13-12-14(17-5-16-13)19(6-18-12)11-2-7-1-8(11)10-4-20-3-9(7)10/h3-8,11H,1-2H2,(H2,15,16,17)/t7-,8-,11+/m1/s1. The fourth-order valence-corrected chi connectivity index (χ4v) is 4.97. The lowest BCUT2D eigenvalue weighted by atomic mass is 9.91. The second kappa shape index (κ2) is 3.58. The Morgan fingerprint density at radius 2 is 2.05 bits per heavy atom. The Hall–Kier alpha value is -1.95. The molecule has 2 aliphatic carbocycles. The van der Waals surface area contributed by atoms with Crippen LogP contribution in [0.2, 0.25) is 0 Å². The molecule has 3 atom stereocenters. The van der Waals surface area contributed by atoms with E-state index >= 15 is 0 Å². The molecule has 3 aromatic rings. The van der Waals surface area contributed by atoms with Crippen LogP contribution in [-0.2, 0) is 0 Å². The van der Waals surface area contributed by atoms with Gasteiger partial charge >= 0.3 is 0 Å². The molecule has 2 N–H and O–H groups in total. The van der Waals surface area contributed by atoms with Gasteiger partial charge in [0.25, 0.3) is 0 Å². The Labute approximate surface area is 119 Å². The smallest absolute Gasteiger partial charge is 0.165 e. The second-order valence-electron chi connectivity index (χ2n) is 5.71. The fourth-order valence-electron chi connectivity index (χ4n) is 3.97. The van der Waals surface area contributed by atoms with E-state index in [2.05, 4.69) is 30.3 Å². The van der Waals surface area contributed by atoms with E-state index in [1.165, 1.54) is 19.2 Å². The van der Waals surface area contributed by atoms with Crippen LogP contribution < -0.4 is 5.73 Å². The Bertz CT molecular complexity index is 820. The molecule has 0 aliphatic heterocycles. The molecule has 0 saturated heterocycles. The molecule has 0 radical (unpaired) electrons. The SMILES string of the molecule is Nc1ncnc2c1ncn2[C@H]1C[C@H]2C[C@@H]1c1cscc12. The second-order valence-corrected chi connectivity index (χ2v) is 6.45. The largest absolute Gasteiger partial charge is 0.382 e. The molecule has 2 aliphatic rings. The van der Waals surface area contributed by atoms with Gasteiger partial charge in [-0.3, -0.25) is 0 Å². The number of rotatable bonds is 1. The van der Waals surface area contributed by atoms with E-state index in [-0.39, 0.29) is 0 Å². The van der Waals surface area contributed by atoms with Gasteiger partial charge in [-0.25, -0.2) is 15.0 Å². The van der Waals surface area contributed by atoms with E-state index < -0.39 is 0 Å². The first kappa shape index (κ1) is 10.8. The molecule has 1 saturated carbocycles. The highest BCUT2D eigenvalue weighted by atomic mass is 32.1. The number of nitrogens with two attached hydrogens (primary N) is 1. The highest BCUT2D eigenvalue weighted by Gasteiger charge is 2.45. The Morgan fingerprint density at radius 1 is 1.15 bits per heavy atom. The van der Waals surface area contributed by atoms with Crippen LogP contribution in [0.15, 0.2) is 23.4 Å². The molecule has 1 fully saturated rings. The van der Waals surface area contributed by atoms with E-state index in [0.717, 1.165) is 11.2 Å². The zero-order valence-electron chi connectivity index (χ0n) is 10.7. The maximum Gasteiger partial charge on any atom is 0.165 e. The third-order valence-electron chi connectivity index (χ3n) is 4.84. The van der Waals surface area contributed by atoms with Crippen molar-refractivity contribution in [3.63, 3.8) is 0 Å². The van der Waals surface area contributed by atoms with Crippen molar-refractivity contribution in [1.82, 2.24) is 19.5 Å². The molecule has 0 aromatic carbocycles. The van der Waals surface area contributed by atoms with Crippen LogP contribution in [0.1, 0.15) is 41.8 Å². The number of hydrogen-bond donors (Lipinski definition) is 1. The van der Waals surface area contributed by atoms with Gasteiger partial charge in [0.1, 0.15) is 11.8 Å². The average Bonchev–Trinajstić information content (AvgIpc) is 3.19. The lowest BCUT2D eigenvalue weighted by Crippen LogP contribution is -2.14. The minimum Gasteiger partial charge on any atom is -0.382 e. The molecule has 3 aromatic heterocycles. The molecular formula is C14H13N5S. The Kier molecular flexibility index (Phi) is 1.93. The van der Waals surface area contributed by atoms with Gasteiger partial charge in [-0.1, -0.05) is 0 Å². The summed E-state index contributed by atoms with van der Waals surface area (Å²) in [5.41, 5.74) is 10.6. The number of aromatic nitrogens is 4. The molecule has 0 amide bonds. The summed E-state index contributed by atoms with van der Waals surface area (Å²) in [6, 6.07) is 0.460. The van der Waals surface area contributed by atoms with Gasteiger partial charge in [0.15, 0.2) is 11.5 Å². The third-order valence-corrected chi connectivity index (χ3v) is 5.62.